The molecular formula is C24H22N4O4. The Morgan fingerprint density at radius 3 is 2.44 bits per heavy atom. The van der Waals surface area contributed by atoms with Gasteiger partial charge in [0.15, 0.2) is 11.5 Å². The summed E-state index contributed by atoms with van der Waals surface area (Å²) < 4.78 is 11.9. The standard InChI is InChI=1S/C24H22N4O4/c1-31-21-11-10-16(13-22(21)32-2)23(29)26-14-20-18-8-3-4-9-19(18)24(30)28(27-20)15-17-7-5-6-12-25-17/h3-13H,14-15H2,1-2H3,(H,26,29). The van der Waals surface area contributed by atoms with Crippen LogP contribution in [0.25, 0.3) is 10.8 Å². The van der Waals surface area contributed by atoms with E-state index >= 15 is 0 Å². The van der Waals surface area contributed by atoms with Gasteiger partial charge in [-0.05, 0) is 36.4 Å². The first-order valence-electron chi connectivity index (χ1n) is 9.99. The Morgan fingerprint density at radius 1 is 0.969 bits per heavy atom. The summed E-state index contributed by atoms with van der Waals surface area (Å²) in [5.74, 6) is 0.713. The van der Waals surface area contributed by atoms with Crippen LogP contribution in [0.4, 0.5) is 0 Å². The molecule has 32 heavy (non-hydrogen) atoms. The summed E-state index contributed by atoms with van der Waals surface area (Å²) in [6.07, 6.45) is 1.67. The zero-order valence-electron chi connectivity index (χ0n) is 17.7. The van der Waals surface area contributed by atoms with Gasteiger partial charge in [0.05, 0.1) is 44.1 Å². The summed E-state index contributed by atoms with van der Waals surface area (Å²) in [7, 11) is 3.05. The number of hydrogen-bond donors (Lipinski definition) is 1. The summed E-state index contributed by atoms with van der Waals surface area (Å²) in [5.41, 5.74) is 1.53. The fourth-order valence-corrected chi connectivity index (χ4v) is 3.43. The van der Waals surface area contributed by atoms with Crippen molar-refractivity contribution in [1.82, 2.24) is 20.1 Å². The number of methoxy groups -OCH3 is 2. The summed E-state index contributed by atoms with van der Waals surface area (Å²) in [5, 5.41) is 8.64. The average Bonchev–Trinajstić information content (AvgIpc) is 2.85. The van der Waals surface area contributed by atoms with Crippen LogP contribution in [-0.2, 0) is 13.1 Å². The molecule has 0 bridgehead atoms. The molecule has 0 fully saturated rings. The summed E-state index contributed by atoms with van der Waals surface area (Å²) in [6, 6.07) is 17.7. The van der Waals surface area contributed by atoms with Crippen molar-refractivity contribution in [2.75, 3.05) is 14.2 Å². The molecule has 8 heteroatoms. The topological polar surface area (TPSA) is 95.3 Å². The van der Waals surface area contributed by atoms with E-state index < -0.39 is 0 Å². The molecular weight excluding hydrogens is 408 g/mol. The number of carbonyl (C=O) groups is 1. The van der Waals surface area contributed by atoms with Crippen LogP contribution in [0, 0.1) is 0 Å². The molecule has 2 aromatic heterocycles. The van der Waals surface area contributed by atoms with Crippen molar-refractivity contribution in [3.05, 3.63) is 94.2 Å². The minimum absolute atomic E-state index is 0.149. The number of benzene rings is 2. The maximum absolute atomic E-state index is 12.9. The highest BCUT2D eigenvalue weighted by Gasteiger charge is 2.14. The van der Waals surface area contributed by atoms with E-state index in [0.29, 0.717) is 33.5 Å². The molecule has 162 valence electrons. The van der Waals surface area contributed by atoms with Gasteiger partial charge < -0.3 is 14.8 Å². The van der Waals surface area contributed by atoms with E-state index in [1.807, 2.05) is 30.3 Å². The molecule has 2 aromatic carbocycles. The number of carbonyl (C=O) groups excluding carboxylic acids is 1. The van der Waals surface area contributed by atoms with Crippen molar-refractivity contribution >= 4 is 16.7 Å². The van der Waals surface area contributed by atoms with Gasteiger partial charge in [0.1, 0.15) is 0 Å². The first-order valence-corrected chi connectivity index (χ1v) is 9.99. The Balaban J connectivity index is 1.63. The molecule has 0 aliphatic heterocycles. The molecule has 8 nitrogen and oxygen atoms in total. The van der Waals surface area contributed by atoms with Gasteiger partial charge in [-0.1, -0.05) is 24.3 Å². The van der Waals surface area contributed by atoms with Crippen molar-refractivity contribution in [2.45, 2.75) is 13.1 Å². The number of pyridine rings is 1. The van der Waals surface area contributed by atoms with Gasteiger partial charge in [0.2, 0.25) is 0 Å². The Labute approximate surface area is 184 Å². The van der Waals surface area contributed by atoms with Gasteiger partial charge in [0, 0.05) is 17.1 Å². The molecule has 0 saturated heterocycles. The first-order chi connectivity index (χ1) is 15.6. The molecule has 4 aromatic rings. The van der Waals surface area contributed by atoms with E-state index in [-0.39, 0.29) is 24.6 Å². The highest BCUT2D eigenvalue weighted by atomic mass is 16.5. The SMILES string of the molecule is COc1ccc(C(=O)NCc2nn(Cc3ccccn3)c(=O)c3ccccc23)cc1OC. The highest BCUT2D eigenvalue weighted by Crippen LogP contribution is 2.27. The molecule has 0 saturated carbocycles. The molecule has 0 unspecified atom stereocenters. The van der Waals surface area contributed by atoms with Crippen molar-refractivity contribution in [3.63, 3.8) is 0 Å². The molecule has 0 spiro atoms. The first kappa shape index (κ1) is 21.0. The fourth-order valence-electron chi connectivity index (χ4n) is 3.43. The van der Waals surface area contributed by atoms with Crippen molar-refractivity contribution in [1.29, 1.82) is 0 Å². The molecule has 2 heterocycles. The molecule has 0 aliphatic carbocycles. The van der Waals surface area contributed by atoms with Gasteiger partial charge in [-0.25, -0.2) is 4.68 Å². The van der Waals surface area contributed by atoms with Crippen LogP contribution in [0.3, 0.4) is 0 Å². The molecule has 1 amide bonds. The summed E-state index contributed by atoms with van der Waals surface area (Å²) >= 11 is 0. The maximum Gasteiger partial charge on any atom is 0.275 e. The fraction of sp³-hybridized carbons (Fsp3) is 0.167. The molecule has 0 aliphatic rings. The van der Waals surface area contributed by atoms with E-state index in [4.69, 9.17) is 9.47 Å². The number of fused-ring (bicyclic) bond motifs is 1. The van der Waals surface area contributed by atoms with Crippen molar-refractivity contribution in [2.24, 2.45) is 0 Å². The Kier molecular flexibility index (Phi) is 6.12. The zero-order valence-corrected chi connectivity index (χ0v) is 17.7. The maximum atomic E-state index is 12.9. The predicted octanol–water partition coefficient (Wildman–Crippen LogP) is 2.79. The second-order valence-corrected chi connectivity index (χ2v) is 7.03. The lowest BCUT2D eigenvalue weighted by atomic mass is 10.1. The number of aromatic nitrogens is 3. The number of amides is 1. The van der Waals surface area contributed by atoms with Crippen LogP contribution in [-0.4, -0.2) is 34.9 Å². The number of ether oxygens (including phenoxy) is 2. The van der Waals surface area contributed by atoms with E-state index in [0.717, 1.165) is 5.69 Å². The zero-order chi connectivity index (χ0) is 22.5. The lowest BCUT2D eigenvalue weighted by molar-refractivity contribution is 0.0950. The highest BCUT2D eigenvalue weighted by molar-refractivity contribution is 5.95. The lowest BCUT2D eigenvalue weighted by Gasteiger charge is -2.12. The summed E-state index contributed by atoms with van der Waals surface area (Å²) in [4.78, 5) is 30.0. The van der Waals surface area contributed by atoms with Crippen LogP contribution >= 0.6 is 0 Å². The van der Waals surface area contributed by atoms with E-state index in [9.17, 15) is 9.59 Å². The molecule has 4 rings (SSSR count). The third-order valence-electron chi connectivity index (χ3n) is 5.04. The average molecular weight is 430 g/mol. The van der Waals surface area contributed by atoms with Crippen molar-refractivity contribution in [3.8, 4) is 11.5 Å². The Hall–Kier alpha value is -4.20. The van der Waals surface area contributed by atoms with Gasteiger partial charge in [-0.3, -0.25) is 14.6 Å². The predicted molar refractivity (Wildman–Crippen MR) is 120 cm³/mol. The van der Waals surface area contributed by atoms with Gasteiger partial charge in [0.25, 0.3) is 11.5 Å². The smallest absolute Gasteiger partial charge is 0.275 e. The quantitative estimate of drug-likeness (QED) is 0.484. The minimum Gasteiger partial charge on any atom is -0.493 e. The number of rotatable bonds is 7. The van der Waals surface area contributed by atoms with Crippen LogP contribution in [0.5, 0.6) is 11.5 Å². The van der Waals surface area contributed by atoms with Crippen molar-refractivity contribution < 1.29 is 14.3 Å². The number of nitrogens with one attached hydrogen (secondary N) is 1. The van der Waals surface area contributed by atoms with Crippen LogP contribution in [0.15, 0.2) is 71.7 Å². The molecule has 0 atom stereocenters. The second-order valence-electron chi connectivity index (χ2n) is 7.03. The monoisotopic (exact) mass is 430 g/mol. The van der Waals surface area contributed by atoms with Gasteiger partial charge in [-0.2, -0.15) is 5.10 Å². The molecule has 0 radical (unpaired) electrons. The third kappa shape index (κ3) is 4.29. The Bertz CT molecular complexity index is 1320. The third-order valence-corrected chi connectivity index (χ3v) is 5.04. The van der Waals surface area contributed by atoms with Gasteiger partial charge >= 0.3 is 0 Å². The van der Waals surface area contributed by atoms with Crippen LogP contribution in [0.1, 0.15) is 21.7 Å². The van der Waals surface area contributed by atoms with E-state index in [2.05, 4.69) is 15.4 Å². The minimum atomic E-state index is -0.292. The van der Waals surface area contributed by atoms with Crippen LogP contribution < -0.4 is 20.3 Å². The van der Waals surface area contributed by atoms with E-state index in [1.165, 1.54) is 18.9 Å². The normalized spacial score (nSPS) is 10.7. The number of nitrogens with zero attached hydrogens (tertiary/aromatic N) is 3. The second kappa shape index (κ2) is 9.30. The molecule has 1 N–H and O–H groups in total. The largest absolute Gasteiger partial charge is 0.493 e. The van der Waals surface area contributed by atoms with Crippen LogP contribution in [0.2, 0.25) is 0 Å². The van der Waals surface area contributed by atoms with Gasteiger partial charge in [-0.15, -0.1) is 0 Å². The summed E-state index contributed by atoms with van der Waals surface area (Å²) in [6.45, 7) is 0.386. The lowest BCUT2D eigenvalue weighted by Crippen LogP contribution is -2.29. The Morgan fingerprint density at radius 2 is 1.72 bits per heavy atom. The van der Waals surface area contributed by atoms with E-state index in [1.54, 1.807) is 36.5 Å². The number of hydrogen-bond acceptors (Lipinski definition) is 6.